The number of benzene rings is 1. The van der Waals surface area contributed by atoms with E-state index in [9.17, 15) is 19.2 Å². The van der Waals surface area contributed by atoms with Crippen molar-refractivity contribution < 1.29 is 29.0 Å². The molecule has 0 radical (unpaired) electrons. The summed E-state index contributed by atoms with van der Waals surface area (Å²) in [5.74, 6) is -2.30. The summed E-state index contributed by atoms with van der Waals surface area (Å²) in [6, 6.07) is 4.33. The van der Waals surface area contributed by atoms with Crippen molar-refractivity contribution in [1.29, 1.82) is 0 Å². The minimum atomic E-state index is -1.18. The zero-order valence-corrected chi connectivity index (χ0v) is 22.3. The number of nitrogens with one attached hydrogen (secondary N) is 4. The van der Waals surface area contributed by atoms with Crippen molar-refractivity contribution in [3.8, 4) is 0 Å². The summed E-state index contributed by atoms with van der Waals surface area (Å²) >= 11 is 12.3. The predicted molar refractivity (Wildman–Crippen MR) is 140 cm³/mol. The van der Waals surface area contributed by atoms with Gasteiger partial charge in [-0.3, -0.25) is 14.4 Å². The van der Waals surface area contributed by atoms with Crippen LogP contribution in [0.2, 0.25) is 10.0 Å². The molecule has 0 spiro atoms. The first-order chi connectivity index (χ1) is 17.2. The van der Waals surface area contributed by atoms with Gasteiger partial charge in [-0.25, -0.2) is 4.79 Å². The first-order valence-corrected chi connectivity index (χ1v) is 12.2. The Morgan fingerprint density at radius 2 is 1.86 bits per heavy atom. The van der Waals surface area contributed by atoms with E-state index in [1.807, 2.05) is 4.90 Å². The topological polar surface area (TPSA) is 153 Å². The van der Waals surface area contributed by atoms with Gasteiger partial charge in [0.1, 0.15) is 17.8 Å². The van der Waals surface area contributed by atoms with E-state index in [1.165, 1.54) is 6.07 Å². The van der Waals surface area contributed by atoms with Gasteiger partial charge in [0.25, 0.3) is 11.8 Å². The zero-order chi connectivity index (χ0) is 27.5. The van der Waals surface area contributed by atoms with Crippen LogP contribution in [-0.4, -0.2) is 65.2 Å². The Kier molecular flexibility index (Phi) is 8.60. The minimum absolute atomic E-state index is 0.0873. The highest BCUT2D eigenvalue weighted by Crippen LogP contribution is 2.33. The second-order valence-electron chi connectivity index (χ2n) is 9.59. The Morgan fingerprint density at radius 1 is 1.16 bits per heavy atom. The third kappa shape index (κ3) is 7.30. The number of carbonyl (C=O) groups excluding carboxylic acids is 3. The molecule has 1 fully saturated rings. The summed E-state index contributed by atoms with van der Waals surface area (Å²) in [6.07, 6.45) is 0.0580. The molecule has 37 heavy (non-hydrogen) atoms. The highest BCUT2D eigenvalue weighted by atomic mass is 35.5. The lowest BCUT2D eigenvalue weighted by molar-refractivity contribution is -0.135. The number of H-pyrrole nitrogens is 1. The number of carbonyl (C=O) groups is 4. The standard InChI is InChI=1S/C24H29Cl2N5O6/c1-12-18(25)19(26)20(28-12)22(35)30-15-6-5-13(21(34)27-10-17(32)33)9-16(15)31-8-7-14(11-31)29-23(36)37-24(2,3)4/h5-6,9,14,28H,7-8,10-11H2,1-4H3,(H,27,34)(H,29,36)(H,30,35)(H,32,33)/t14-/m0/s1. The number of anilines is 2. The molecule has 11 nitrogen and oxygen atoms in total. The average Bonchev–Trinajstić information content (AvgIpc) is 3.36. The van der Waals surface area contributed by atoms with Crippen LogP contribution in [0.25, 0.3) is 0 Å². The molecule has 13 heteroatoms. The van der Waals surface area contributed by atoms with Gasteiger partial charge in [-0.2, -0.15) is 0 Å². The van der Waals surface area contributed by atoms with Crippen LogP contribution in [0.1, 0.15) is 53.7 Å². The van der Waals surface area contributed by atoms with E-state index in [1.54, 1.807) is 39.8 Å². The molecule has 0 aliphatic carbocycles. The summed E-state index contributed by atoms with van der Waals surface area (Å²) < 4.78 is 5.33. The molecule has 200 valence electrons. The molecule has 1 saturated heterocycles. The molecule has 1 aromatic heterocycles. The number of ether oxygens (including phenoxy) is 1. The number of rotatable bonds is 7. The highest BCUT2D eigenvalue weighted by molar-refractivity contribution is 6.44. The van der Waals surface area contributed by atoms with Crippen molar-refractivity contribution in [3.63, 3.8) is 0 Å². The molecule has 3 amide bonds. The number of carboxylic acids is 1. The van der Waals surface area contributed by atoms with Crippen molar-refractivity contribution in [3.05, 3.63) is 45.2 Å². The van der Waals surface area contributed by atoms with Crippen LogP contribution < -0.4 is 20.9 Å². The molecule has 1 aromatic carbocycles. The molecule has 1 aliphatic rings. The lowest BCUT2D eigenvalue weighted by Crippen LogP contribution is -2.40. The second kappa shape index (κ2) is 11.3. The molecule has 1 aliphatic heterocycles. The number of carboxylic acid groups (broad SMARTS) is 1. The lowest BCUT2D eigenvalue weighted by Gasteiger charge is -2.24. The van der Waals surface area contributed by atoms with E-state index in [0.29, 0.717) is 36.6 Å². The number of halogens is 2. The molecule has 2 heterocycles. The molecule has 3 rings (SSSR count). The number of aryl methyl sites for hydroxylation is 1. The lowest BCUT2D eigenvalue weighted by atomic mass is 10.1. The van der Waals surface area contributed by atoms with Gasteiger partial charge in [0.05, 0.1) is 27.5 Å². The molecule has 5 N–H and O–H groups in total. The number of amides is 3. The summed E-state index contributed by atoms with van der Waals surface area (Å²) in [5, 5.41) is 17.1. The molecular formula is C24H29Cl2N5O6. The Morgan fingerprint density at radius 3 is 2.46 bits per heavy atom. The Labute approximate surface area is 223 Å². The van der Waals surface area contributed by atoms with Crippen LogP contribution in [-0.2, 0) is 9.53 Å². The van der Waals surface area contributed by atoms with Gasteiger partial charge in [0.2, 0.25) is 0 Å². The van der Waals surface area contributed by atoms with E-state index < -0.39 is 36.0 Å². The number of aromatic amines is 1. The average molecular weight is 554 g/mol. The van der Waals surface area contributed by atoms with Crippen LogP contribution >= 0.6 is 23.2 Å². The monoisotopic (exact) mass is 553 g/mol. The molecule has 1 atom stereocenters. The SMILES string of the molecule is Cc1[nH]c(C(=O)Nc2ccc(C(=O)NCC(=O)O)cc2N2CC[C@H](NC(=O)OC(C)(C)C)C2)c(Cl)c1Cl. The third-order valence-electron chi connectivity index (χ3n) is 5.44. The largest absolute Gasteiger partial charge is 0.480 e. The number of aromatic nitrogens is 1. The van der Waals surface area contributed by atoms with E-state index in [-0.39, 0.29) is 27.3 Å². The van der Waals surface area contributed by atoms with Gasteiger partial charge in [-0.1, -0.05) is 23.2 Å². The maximum atomic E-state index is 13.0. The fourth-order valence-electron chi connectivity index (χ4n) is 3.78. The molecule has 2 aromatic rings. The van der Waals surface area contributed by atoms with Crippen LogP contribution in [0.4, 0.5) is 16.2 Å². The van der Waals surface area contributed by atoms with Gasteiger partial charge in [0.15, 0.2) is 0 Å². The first kappa shape index (κ1) is 28.1. The van der Waals surface area contributed by atoms with Crippen LogP contribution in [0, 0.1) is 6.92 Å². The predicted octanol–water partition coefficient (Wildman–Crippen LogP) is 3.80. The Bertz CT molecular complexity index is 1220. The van der Waals surface area contributed by atoms with Crippen molar-refractivity contribution in [2.45, 2.75) is 45.8 Å². The molecule has 0 bridgehead atoms. The third-order valence-corrected chi connectivity index (χ3v) is 6.39. The maximum Gasteiger partial charge on any atom is 0.407 e. The van der Waals surface area contributed by atoms with Crippen molar-refractivity contribution in [2.75, 3.05) is 29.9 Å². The zero-order valence-electron chi connectivity index (χ0n) is 20.8. The summed E-state index contributed by atoms with van der Waals surface area (Å²) in [5.41, 5.74) is 1.09. The van der Waals surface area contributed by atoms with Crippen molar-refractivity contribution in [1.82, 2.24) is 15.6 Å². The molecule has 0 saturated carbocycles. The van der Waals surface area contributed by atoms with Crippen LogP contribution in [0.15, 0.2) is 18.2 Å². The van der Waals surface area contributed by atoms with Gasteiger partial charge in [-0.05, 0) is 52.3 Å². The first-order valence-electron chi connectivity index (χ1n) is 11.5. The highest BCUT2D eigenvalue weighted by Gasteiger charge is 2.29. The van der Waals surface area contributed by atoms with Gasteiger partial charge in [0, 0.05) is 24.3 Å². The van der Waals surface area contributed by atoms with E-state index in [2.05, 4.69) is 20.9 Å². The van der Waals surface area contributed by atoms with Gasteiger partial charge < -0.3 is 35.7 Å². The van der Waals surface area contributed by atoms with Gasteiger partial charge in [-0.15, -0.1) is 0 Å². The number of hydrogen-bond acceptors (Lipinski definition) is 6. The maximum absolute atomic E-state index is 13.0. The second-order valence-corrected chi connectivity index (χ2v) is 10.3. The Balaban J connectivity index is 1.85. The van der Waals surface area contributed by atoms with Crippen molar-refractivity contribution >= 4 is 58.5 Å². The van der Waals surface area contributed by atoms with E-state index >= 15 is 0 Å². The van der Waals surface area contributed by atoms with Crippen LogP contribution in [0.3, 0.4) is 0 Å². The number of alkyl carbamates (subject to hydrolysis) is 1. The number of hydrogen-bond donors (Lipinski definition) is 5. The summed E-state index contributed by atoms with van der Waals surface area (Å²) in [4.78, 5) is 53.3. The fourth-order valence-corrected chi connectivity index (χ4v) is 4.20. The molecule has 0 unspecified atom stereocenters. The Hall–Kier alpha value is -3.44. The van der Waals surface area contributed by atoms with Crippen LogP contribution in [0.5, 0.6) is 0 Å². The smallest absolute Gasteiger partial charge is 0.407 e. The van der Waals surface area contributed by atoms with E-state index in [0.717, 1.165) is 0 Å². The minimum Gasteiger partial charge on any atom is -0.480 e. The fraction of sp³-hybridized carbons (Fsp3) is 0.417. The quantitative estimate of drug-likeness (QED) is 0.349. The van der Waals surface area contributed by atoms with E-state index in [4.69, 9.17) is 33.0 Å². The van der Waals surface area contributed by atoms with Gasteiger partial charge >= 0.3 is 12.1 Å². The molecular weight excluding hydrogens is 525 g/mol. The normalized spacial score (nSPS) is 15.3. The summed E-state index contributed by atoms with van der Waals surface area (Å²) in [6.45, 7) is 7.36. The van der Waals surface area contributed by atoms with Crippen molar-refractivity contribution in [2.24, 2.45) is 0 Å². The number of aliphatic carboxylic acids is 1. The summed E-state index contributed by atoms with van der Waals surface area (Å²) in [7, 11) is 0. The number of nitrogens with zero attached hydrogens (tertiary/aromatic N) is 1.